The van der Waals surface area contributed by atoms with Crippen LogP contribution in [-0.2, 0) is 4.79 Å². The van der Waals surface area contributed by atoms with Gasteiger partial charge in [-0.15, -0.1) is 0 Å². The quantitative estimate of drug-likeness (QED) is 0.764. The van der Waals surface area contributed by atoms with Crippen molar-refractivity contribution in [3.63, 3.8) is 0 Å². The molecular weight excluding hydrogens is 188 g/mol. The number of nitrogens with two attached hydrogens (primary N) is 1. The Balaban J connectivity index is 1.85. The van der Waals surface area contributed by atoms with Crippen molar-refractivity contribution in [1.82, 2.24) is 4.90 Å². The largest absolute Gasteiger partial charge is 0.338 e. The molecule has 1 amide bonds. The number of fused-ring (bicyclic) bond motifs is 2. The van der Waals surface area contributed by atoms with Crippen molar-refractivity contribution in [3.05, 3.63) is 0 Å². The Morgan fingerprint density at radius 1 is 1.53 bits per heavy atom. The van der Waals surface area contributed by atoms with Crippen LogP contribution in [0.4, 0.5) is 0 Å². The van der Waals surface area contributed by atoms with E-state index in [4.69, 9.17) is 5.73 Å². The Morgan fingerprint density at radius 3 is 2.87 bits per heavy atom. The maximum atomic E-state index is 12.0. The highest BCUT2D eigenvalue weighted by Gasteiger charge is 2.41. The lowest BCUT2D eigenvalue weighted by Gasteiger charge is -2.29. The summed E-state index contributed by atoms with van der Waals surface area (Å²) in [6.45, 7) is 3.11. The molecule has 0 aromatic heterocycles. The normalized spacial score (nSPS) is 30.9. The number of hydrogen-bond donors (Lipinski definition) is 1. The summed E-state index contributed by atoms with van der Waals surface area (Å²) in [4.78, 5) is 14.1. The van der Waals surface area contributed by atoms with Gasteiger partial charge in [0.15, 0.2) is 0 Å². The van der Waals surface area contributed by atoms with Crippen LogP contribution >= 0.6 is 0 Å². The lowest BCUT2D eigenvalue weighted by Crippen LogP contribution is -2.47. The van der Waals surface area contributed by atoms with E-state index in [9.17, 15) is 4.79 Å². The molecule has 1 heterocycles. The highest BCUT2D eigenvalue weighted by Crippen LogP contribution is 2.37. The second-order valence-corrected chi connectivity index (χ2v) is 5.07. The van der Waals surface area contributed by atoms with E-state index < -0.39 is 0 Å². The molecule has 3 unspecified atom stereocenters. The molecule has 0 spiro atoms. The van der Waals surface area contributed by atoms with Crippen LogP contribution in [0, 0.1) is 5.92 Å². The minimum Gasteiger partial charge on any atom is -0.338 e. The number of hydrogen-bond acceptors (Lipinski definition) is 2. The number of carbonyl (C=O) groups excluding carboxylic acids is 1. The monoisotopic (exact) mass is 210 g/mol. The molecule has 3 atom stereocenters. The van der Waals surface area contributed by atoms with Gasteiger partial charge in [0.25, 0.3) is 0 Å². The van der Waals surface area contributed by atoms with Crippen LogP contribution in [0.25, 0.3) is 0 Å². The topological polar surface area (TPSA) is 46.3 Å². The third-order valence-electron chi connectivity index (χ3n) is 3.88. The molecule has 15 heavy (non-hydrogen) atoms. The van der Waals surface area contributed by atoms with E-state index in [0.717, 1.165) is 31.7 Å². The predicted octanol–water partition coefficient (Wildman–Crippen LogP) is 1.51. The van der Waals surface area contributed by atoms with Crippen LogP contribution in [0.1, 0.15) is 45.4 Å². The second-order valence-electron chi connectivity index (χ2n) is 5.07. The van der Waals surface area contributed by atoms with Crippen LogP contribution in [0.3, 0.4) is 0 Å². The standard InChI is InChI=1S/C12H22N2O/c1-2-3-4-11(13)12(15)14-8-9-5-6-10(14)7-9/h9-11H,2-8,13H2,1H3. The Bertz CT molecular complexity index is 242. The van der Waals surface area contributed by atoms with Crippen LogP contribution in [0.2, 0.25) is 0 Å². The Morgan fingerprint density at radius 2 is 2.33 bits per heavy atom. The van der Waals surface area contributed by atoms with Crippen molar-refractivity contribution in [2.24, 2.45) is 11.7 Å². The summed E-state index contributed by atoms with van der Waals surface area (Å²) in [5.41, 5.74) is 5.92. The van der Waals surface area contributed by atoms with E-state index in [-0.39, 0.29) is 11.9 Å². The zero-order valence-corrected chi connectivity index (χ0v) is 9.61. The van der Waals surface area contributed by atoms with Gasteiger partial charge < -0.3 is 10.6 Å². The van der Waals surface area contributed by atoms with Crippen LogP contribution < -0.4 is 5.73 Å². The summed E-state index contributed by atoms with van der Waals surface area (Å²) >= 11 is 0. The molecule has 2 fully saturated rings. The van der Waals surface area contributed by atoms with Crippen molar-refractivity contribution in [2.75, 3.05) is 6.54 Å². The fourth-order valence-electron chi connectivity index (χ4n) is 2.96. The molecule has 1 aliphatic heterocycles. The summed E-state index contributed by atoms with van der Waals surface area (Å²) in [7, 11) is 0. The Hall–Kier alpha value is -0.570. The first-order valence-electron chi connectivity index (χ1n) is 6.28. The first kappa shape index (κ1) is 10.9. The molecule has 0 aromatic carbocycles. The Labute approximate surface area is 92.0 Å². The molecule has 1 aliphatic carbocycles. The second kappa shape index (κ2) is 4.52. The average molecular weight is 210 g/mol. The molecule has 3 nitrogen and oxygen atoms in total. The van der Waals surface area contributed by atoms with Gasteiger partial charge in [0.2, 0.25) is 5.91 Å². The number of amides is 1. The summed E-state index contributed by atoms with van der Waals surface area (Å²) < 4.78 is 0. The van der Waals surface area contributed by atoms with E-state index >= 15 is 0 Å². The van der Waals surface area contributed by atoms with E-state index in [0.29, 0.717) is 6.04 Å². The maximum absolute atomic E-state index is 12.0. The molecule has 2 N–H and O–H groups in total. The third-order valence-corrected chi connectivity index (χ3v) is 3.88. The van der Waals surface area contributed by atoms with Crippen molar-refractivity contribution in [1.29, 1.82) is 0 Å². The number of unbranched alkanes of at least 4 members (excludes halogenated alkanes) is 1. The van der Waals surface area contributed by atoms with E-state index in [1.54, 1.807) is 0 Å². The molecule has 0 radical (unpaired) electrons. The van der Waals surface area contributed by atoms with Gasteiger partial charge in [0, 0.05) is 12.6 Å². The van der Waals surface area contributed by atoms with Crippen LogP contribution in [0.5, 0.6) is 0 Å². The van der Waals surface area contributed by atoms with Crippen molar-refractivity contribution >= 4 is 5.91 Å². The van der Waals surface area contributed by atoms with Crippen molar-refractivity contribution < 1.29 is 4.79 Å². The van der Waals surface area contributed by atoms with Gasteiger partial charge in [0.1, 0.15) is 0 Å². The minimum absolute atomic E-state index is 0.204. The first-order chi connectivity index (χ1) is 7.22. The van der Waals surface area contributed by atoms with Gasteiger partial charge in [-0.25, -0.2) is 0 Å². The smallest absolute Gasteiger partial charge is 0.239 e. The summed E-state index contributed by atoms with van der Waals surface area (Å²) in [6.07, 6.45) is 6.78. The zero-order chi connectivity index (χ0) is 10.8. The summed E-state index contributed by atoms with van der Waals surface area (Å²) in [5.74, 6) is 0.980. The molecule has 1 saturated carbocycles. The zero-order valence-electron chi connectivity index (χ0n) is 9.61. The lowest BCUT2D eigenvalue weighted by molar-refractivity contribution is -0.134. The summed E-state index contributed by atoms with van der Waals surface area (Å²) in [5, 5.41) is 0. The van der Waals surface area contributed by atoms with E-state index in [1.807, 2.05) is 0 Å². The molecular formula is C12H22N2O. The molecule has 2 bridgehead atoms. The summed E-state index contributed by atoms with van der Waals surface area (Å²) in [6, 6.07) is 0.277. The molecule has 1 saturated heterocycles. The number of likely N-dealkylation sites (tertiary alicyclic amines) is 1. The van der Waals surface area contributed by atoms with E-state index in [2.05, 4.69) is 11.8 Å². The fourth-order valence-corrected chi connectivity index (χ4v) is 2.96. The molecule has 2 aliphatic rings. The van der Waals surface area contributed by atoms with Crippen LogP contribution in [-0.4, -0.2) is 29.4 Å². The first-order valence-corrected chi connectivity index (χ1v) is 6.28. The van der Waals surface area contributed by atoms with Crippen molar-refractivity contribution in [2.45, 2.75) is 57.5 Å². The Kier molecular flexibility index (Phi) is 3.29. The highest BCUT2D eigenvalue weighted by atomic mass is 16.2. The third kappa shape index (κ3) is 2.17. The SMILES string of the molecule is CCCCC(N)C(=O)N1CC2CCC1C2. The van der Waals surface area contributed by atoms with Gasteiger partial charge >= 0.3 is 0 Å². The van der Waals surface area contributed by atoms with Gasteiger partial charge in [-0.05, 0) is 31.6 Å². The fraction of sp³-hybridized carbons (Fsp3) is 0.917. The van der Waals surface area contributed by atoms with Gasteiger partial charge in [-0.3, -0.25) is 4.79 Å². The number of rotatable bonds is 4. The van der Waals surface area contributed by atoms with Crippen LogP contribution in [0.15, 0.2) is 0 Å². The number of carbonyl (C=O) groups is 1. The highest BCUT2D eigenvalue weighted by molar-refractivity contribution is 5.82. The molecule has 0 aromatic rings. The average Bonchev–Trinajstić information content (AvgIpc) is 2.86. The minimum atomic E-state index is -0.246. The van der Waals surface area contributed by atoms with Gasteiger partial charge in [-0.2, -0.15) is 0 Å². The van der Waals surface area contributed by atoms with Crippen molar-refractivity contribution in [3.8, 4) is 0 Å². The van der Waals surface area contributed by atoms with E-state index in [1.165, 1.54) is 19.3 Å². The number of nitrogens with zero attached hydrogens (tertiary/aromatic N) is 1. The van der Waals surface area contributed by atoms with Gasteiger partial charge in [-0.1, -0.05) is 19.8 Å². The molecule has 86 valence electrons. The molecule has 3 heteroatoms. The number of piperidine rings is 1. The van der Waals surface area contributed by atoms with Gasteiger partial charge in [0.05, 0.1) is 6.04 Å². The lowest BCUT2D eigenvalue weighted by atomic mass is 10.1. The molecule has 2 rings (SSSR count). The maximum Gasteiger partial charge on any atom is 0.239 e. The predicted molar refractivity (Wildman–Crippen MR) is 60.3 cm³/mol.